The molecule has 1 aromatic heterocycles. The molecule has 1 aliphatic rings. The average Bonchev–Trinajstić information content (AvgIpc) is 2.77. The Bertz CT molecular complexity index is 967. The second kappa shape index (κ2) is 8.25. The highest BCUT2D eigenvalue weighted by molar-refractivity contribution is 5.83. The predicted octanol–water partition coefficient (Wildman–Crippen LogP) is 3.17. The van der Waals surface area contributed by atoms with Crippen molar-refractivity contribution < 1.29 is 9.53 Å². The Balaban J connectivity index is 1.31. The molecule has 0 spiro atoms. The summed E-state index contributed by atoms with van der Waals surface area (Å²) in [7, 11) is 1.60. The zero-order valence-electron chi connectivity index (χ0n) is 16.0. The molecule has 0 aliphatic carbocycles. The summed E-state index contributed by atoms with van der Waals surface area (Å²) >= 11 is 0. The van der Waals surface area contributed by atoms with Crippen molar-refractivity contribution in [3.63, 3.8) is 0 Å². The molecule has 6 heteroatoms. The number of aromatic nitrogens is 2. The number of hydrogen-bond donors (Lipinski definition) is 1. The van der Waals surface area contributed by atoms with Crippen LogP contribution >= 0.6 is 0 Å². The molecule has 4 rings (SSSR count). The molecule has 1 N–H and O–H groups in total. The molecule has 2 heterocycles. The van der Waals surface area contributed by atoms with Crippen LogP contribution in [0.25, 0.3) is 10.8 Å². The van der Waals surface area contributed by atoms with Gasteiger partial charge in [0, 0.05) is 37.8 Å². The zero-order chi connectivity index (χ0) is 19.3. The fraction of sp³-hybridized carbons (Fsp3) is 0.318. The molecular weight excluding hydrogens is 352 g/mol. The molecule has 1 saturated heterocycles. The number of carbonyl (C=O) groups excluding carboxylic acids is 1. The minimum atomic E-state index is 0.0299. The van der Waals surface area contributed by atoms with Crippen LogP contribution in [0.5, 0.6) is 5.88 Å². The number of methoxy groups -OCH3 is 1. The topological polar surface area (TPSA) is 67.3 Å². The summed E-state index contributed by atoms with van der Waals surface area (Å²) in [5.41, 5.74) is 1.12. The molecular formula is C22H24N4O2. The van der Waals surface area contributed by atoms with Crippen LogP contribution in [0.15, 0.2) is 54.7 Å². The van der Waals surface area contributed by atoms with Gasteiger partial charge in [-0.15, -0.1) is 0 Å². The molecule has 0 atom stereocenters. The Labute approximate surface area is 164 Å². The van der Waals surface area contributed by atoms with E-state index in [4.69, 9.17) is 4.74 Å². The van der Waals surface area contributed by atoms with E-state index in [0.717, 1.165) is 31.5 Å². The molecule has 144 valence electrons. The Morgan fingerprint density at radius 3 is 2.71 bits per heavy atom. The molecule has 1 amide bonds. The van der Waals surface area contributed by atoms with Crippen LogP contribution in [0.2, 0.25) is 0 Å². The summed E-state index contributed by atoms with van der Waals surface area (Å²) in [5.74, 6) is 1.37. The van der Waals surface area contributed by atoms with Crippen LogP contribution in [0, 0.1) is 5.92 Å². The first-order valence-corrected chi connectivity index (χ1v) is 9.60. The van der Waals surface area contributed by atoms with E-state index >= 15 is 0 Å². The Hall–Kier alpha value is -3.15. The summed E-state index contributed by atoms with van der Waals surface area (Å²) in [5, 5.41) is 5.51. The molecule has 1 fully saturated rings. The lowest BCUT2D eigenvalue weighted by Crippen LogP contribution is -2.41. The van der Waals surface area contributed by atoms with Gasteiger partial charge in [-0.1, -0.05) is 36.4 Å². The number of fused-ring (bicyclic) bond motifs is 1. The molecule has 0 radical (unpaired) electrons. The number of ether oxygens (including phenoxy) is 1. The van der Waals surface area contributed by atoms with Crippen molar-refractivity contribution in [2.24, 2.45) is 5.92 Å². The first-order chi connectivity index (χ1) is 13.7. The van der Waals surface area contributed by atoms with Gasteiger partial charge in [-0.05, 0) is 35.2 Å². The van der Waals surface area contributed by atoms with E-state index in [0.29, 0.717) is 18.4 Å². The SMILES string of the molecule is COc1ccnc(N2CCC(C(=O)NCc3ccc4ccccc4c3)CC2)n1. The normalized spacial score (nSPS) is 14.8. The summed E-state index contributed by atoms with van der Waals surface area (Å²) in [6.45, 7) is 2.09. The molecule has 0 bridgehead atoms. The highest BCUT2D eigenvalue weighted by atomic mass is 16.5. The van der Waals surface area contributed by atoms with Gasteiger partial charge >= 0.3 is 0 Å². The van der Waals surface area contributed by atoms with Crippen molar-refractivity contribution in [2.45, 2.75) is 19.4 Å². The van der Waals surface area contributed by atoms with E-state index in [-0.39, 0.29) is 11.8 Å². The standard InChI is InChI=1S/C22H24N4O2/c1-28-20-8-11-23-22(25-20)26-12-9-18(10-13-26)21(27)24-15-16-6-7-17-4-2-3-5-19(17)14-16/h2-8,11,14,18H,9-10,12-13,15H2,1H3,(H,24,27). The maximum Gasteiger partial charge on any atom is 0.228 e. The minimum Gasteiger partial charge on any atom is -0.481 e. The van der Waals surface area contributed by atoms with Crippen LogP contribution in [0.3, 0.4) is 0 Å². The lowest BCUT2D eigenvalue weighted by molar-refractivity contribution is -0.125. The van der Waals surface area contributed by atoms with Gasteiger partial charge in [0.05, 0.1) is 7.11 Å². The minimum absolute atomic E-state index is 0.0299. The molecule has 0 unspecified atom stereocenters. The molecule has 3 aromatic rings. The van der Waals surface area contributed by atoms with E-state index in [1.807, 2.05) is 12.1 Å². The summed E-state index contributed by atoms with van der Waals surface area (Å²) in [6.07, 6.45) is 3.29. The van der Waals surface area contributed by atoms with E-state index in [2.05, 4.69) is 50.5 Å². The number of anilines is 1. The van der Waals surface area contributed by atoms with Crippen molar-refractivity contribution in [3.8, 4) is 5.88 Å². The summed E-state index contributed by atoms with van der Waals surface area (Å²) in [6, 6.07) is 16.3. The van der Waals surface area contributed by atoms with Crippen molar-refractivity contribution in [1.29, 1.82) is 0 Å². The van der Waals surface area contributed by atoms with Gasteiger partial charge in [-0.2, -0.15) is 4.98 Å². The highest BCUT2D eigenvalue weighted by Crippen LogP contribution is 2.22. The average molecular weight is 376 g/mol. The molecule has 28 heavy (non-hydrogen) atoms. The van der Waals surface area contributed by atoms with Crippen LogP contribution in [-0.2, 0) is 11.3 Å². The van der Waals surface area contributed by atoms with E-state index in [1.54, 1.807) is 19.4 Å². The number of hydrogen-bond acceptors (Lipinski definition) is 5. The smallest absolute Gasteiger partial charge is 0.228 e. The monoisotopic (exact) mass is 376 g/mol. The maximum absolute atomic E-state index is 12.6. The Morgan fingerprint density at radius 2 is 1.93 bits per heavy atom. The van der Waals surface area contributed by atoms with Crippen LogP contribution in [0.4, 0.5) is 5.95 Å². The quantitative estimate of drug-likeness (QED) is 0.741. The fourth-order valence-electron chi connectivity index (χ4n) is 3.62. The van der Waals surface area contributed by atoms with E-state index in [1.165, 1.54) is 10.8 Å². The number of rotatable bonds is 5. The van der Waals surface area contributed by atoms with E-state index < -0.39 is 0 Å². The van der Waals surface area contributed by atoms with Crippen molar-refractivity contribution in [3.05, 3.63) is 60.3 Å². The van der Waals surface area contributed by atoms with Crippen LogP contribution in [-0.4, -0.2) is 36.1 Å². The van der Waals surface area contributed by atoms with Gasteiger partial charge < -0.3 is 15.0 Å². The second-order valence-corrected chi connectivity index (χ2v) is 7.06. The van der Waals surface area contributed by atoms with Gasteiger partial charge in [-0.25, -0.2) is 4.98 Å². The van der Waals surface area contributed by atoms with Crippen molar-refractivity contribution in [2.75, 3.05) is 25.1 Å². The van der Waals surface area contributed by atoms with E-state index in [9.17, 15) is 4.79 Å². The third-order valence-electron chi connectivity index (χ3n) is 5.26. The zero-order valence-corrected chi connectivity index (χ0v) is 16.0. The maximum atomic E-state index is 12.6. The third kappa shape index (κ3) is 4.06. The Morgan fingerprint density at radius 1 is 1.14 bits per heavy atom. The first kappa shape index (κ1) is 18.2. The van der Waals surface area contributed by atoms with Crippen LogP contribution in [0.1, 0.15) is 18.4 Å². The van der Waals surface area contributed by atoms with Gasteiger partial charge in [0.2, 0.25) is 17.7 Å². The van der Waals surface area contributed by atoms with Crippen molar-refractivity contribution >= 4 is 22.6 Å². The number of piperidine rings is 1. The fourth-order valence-corrected chi connectivity index (χ4v) is 3.62. The Kier molecular flexibility index (Phi) is 5.37. The molecule has 0 saturated carbocycles. The van der Waals surface area contributed by atoms with Crippen molar-refractivity contribution in [1.82, 2.24) is 15.3 Å². The molecule has 6 nitrogen and oxygen atoms in total. The highest BCUT2D eigenvalue weighted by Gasteiger charge is 2.26. The van der Waals surface area contributed by atoms with Crippen LogP contribution < -0.4 is 15.0 Å². The summed E-state index contributed by atoms with van der Waals surface area (Å²) < 4.78 is 5.16. The number of amides is 1. The lowest BCUT2D eigenvalue weighted by atomic mass is 9.96. The molecule has 1 aliphatic heterocycles. The number of benzene rings is 2. The summed E-state index contributed by atoms with van der Waals surface area (Å²) in [4.78, 5) is 23.4. The first-order valence-electron chi connectivity index (χ1n) is 9.60. The largest absolute Gasteiger partial charge is 0.481 e. The van der Waals surface area contributed by atoms with Gasteiger partial charge in [-0.3, -0.25) is 4.79 Å². The van der Waals surface area contributed by atoms with Gasteiger partial charge in [0.15, 0.2) is 0 Å². The number of nitrogens with one attached hydrogen (secondary N) is 1. The van der Waals surface area contributed by atoms with Gasteiger partial charge in [0.1, 0.15) is 0 Å². The second-order valence-electron chi connectivity index (χ2n) is 7.06. The van der Waals surface area contributed by atoms with Gasteiger partial charge in [0.25, 0.3) is 0 Å². The lowest BCUT2D eigenvalue weighted by Gasteiger charge is -2.31. The number of nitrogens with zero attached hydrogens (tertiary/aromatic N) is 3. The molecule has 2 aromatic carbocycles. The third-order valence-corrected chi connectivity index (χ3v) is 5.26. The predicted molar refractivity (Wildman–Crippen MR) is 109 cm³/mol. The number of carbonyl (C=O) groups is 1.